The molecule has 0 aromatic heterocycles. The molecule has 1 saturated heterocycles. The van der Waals surface area contributed by atoms with Crippen LogP contribution < -0.4 is 0 Å². The molecule has 1 aromatic rings. The molecular weight excluding hydrogens is 314 g/mol. The maximum Gasteiger partial charge on any atom is 0.237 e. The summed E-state index contributed by atoms with van der Waals surface area (Å²) in [4.78, 5) is 25.3. The standard InChI is InChI=1S/C13H12BrNO2S/c14-6-7-15-12(17)9-18-13(15)8-11(16)10-4-2-1-3-5-10/h1-5,8H,6-7,9H2/b13-8-. The average Bonchev–Trinajstić information content (AvgIpc) is 2.73. The summed E-state index contributed by atoms with van der Waals surface area (Å²) in [5.74, 6) is 0.417. The quantitative estimate of drug-likeness (QED) is 0.485. The van der Waals surface area contributed by atoms with Gasteiger partial charge in [0.05, 0.1) is 10.8 Å². The lowest BCUT2D eigenvalue weighted by atomic mass is 10.1. The Kier molecular flexibility index (Phi) is 4.60. The molecule has 94 valence electrons. The van der Waals surface area contributed by atoms with Crippen molar-refractivity contribution in [1.82, 2.24) is 4.90 Å². The van der Waals surface area contributed by atoms with Crippen LogP contribution in [0.25, 0.3) is 0 Å². The Morgan fingerprint density at radius 1 is 1.39 bits per heavy atom. The molecule has 0 spiro atoms. The second-order valence-electron chi connectivity index (χ2n) is 3.74. The second kappa shape index (κ2) is 6.20. The number of ketones is 1. The maximum absolute atomic E-state index is 12.0. The first-order chi connectivity index (χ1) is 8.72. The van der Waals surface area contributed by atoms with E-state index < -0.39 is 0 Å². The molecule has 1 aromatic carbocycles. The van der Waals surface area contributed by atoms with Crippen LogP contribution in [0.1, 0.15) is 10.4 Å². The van der Waals surface area contributed by atoms with Crippen molar-refractivity contribution in [2.75, 3.05) is 17.6 Å². The number of alkyl halides is 1. The minimum atomic E-state index is -0.0626. The molecule has 0 aliphatic carbocycles. The SMILES string of the molecule is O=C(/C=C1\SCC(=O)N1CCBr)c1ccccc1. The number of hydrogen-bond acceptors (Lipinski definition) is 3. The van der Waals surface area contributed by atoms with Crippen molar-refractivity contribution in [2.24, 2.45) is 0 Å². The van der Waals surface area contributed by atoms with Gasteiger partial charge in [0.15, 0.2) is 5.78 Å². The maximum atomic E-state index is 12.0. The highest BCUT2D eigenvalue weighted by Crippen LogP contribution is 2.29. The minimum Gasteiger partial charge on any atom is -0.305 e. The van der Waals surface area contributed by atoms with Crippen molar-refractivity contribution in [3.63, 3.8) is 0 Å². The first-order valence-corrected chi connectivity index (χ1v) is 7.63. The minimum absolute atomic E-state index is 0.0616. The van der Waals surface area contributed by atoms with Crippen molar-refractivity contribution in [3.8, 4) is 0 Å². The Balaban J connectivity index is 2.18. The molecular formula is C13H12BrNO2S. The summed E-state index contributed by atoms with van der Waals surface area (Å²) in [5, 5.41) is 1.45. The number of rotatable bonds is 4. The van der Waals surface area contributed by atoms with E-state index in [1.54, 1.807) is 23.1 Å². The molecule has 3 nitrogen and oxygen atoms in total. The fraction of sp³-hybridized carbons (Fsp3) is 0.231. The summed E-state index contributed by atoms with van der Waals surface area (Å²) < 4.78 is 0. The third-order valence-corrected chi connectivity index (χ3v) is 3.91. The molecule has 0 radical (unpaired) electrons. The molecule has 1 amide bonds. The number of nitrogens with zero attached hydrogens (tertiary/aromatic N) is 1. The predicted molar refractivity (Wildman–Crippen MR) is 76.8 cm³/mol. The summed E-state index contributed by atoms with van der Waals surface area (Å²) in [7, 11) is 0. The van der Waals surface area contributed by atoms with E-state index in [1.807, 2.05) is 18.2 Å². The monoisotopic (exact) mass is 325 g/mol. The molecule has 1 fully saturated rings. The van der Waals surface area contributed by atoms with Crippen LogP contribution >= 0.6 is 27.7 Å². The highest BCUT2D eigenvalue weighted by Gasteiger charge is 2.26. The normalized spacial score (nSPS) is 17.5. The van der Waals surface area contributed by atoms with Gasteiger partial charge in [-0.05, 0) is 0 Å². The first-order valence-electron chi connectivity index (χ1n) is 5.52. The van der Waals surface area contributed by atoms with Gasteiger partial charge in [0, 0.05) is 23.5 Å². The van der Waals surface area contributed by atoms with Crippen LogP contribution in [-0.2, 0) is 4.79 Å². The zero-order valence-corrected chi connectivity index (χ0v) is 12.0. The van der Waals surface area contributed by atoms with Gasteiger partial charge in [-0.25, -0.2) is 0 Å². The molecule has 1 aliphatic rings. The molecule has 0 N–H and O–H groups in total. The second-order valence-corrected chi connectivity index (χ2v) is 5.52. The number of carbonyl (C=O) groups is 2. The number of benzene rings is 1. The molecule has 0 saturated carbocycles. The fourth-order valence-corrected chi connectivity index (χ4v) is 2.97. The highest BCUT2D eigenvalue weighted by molar-refractivity contribution is 9.09. The highest BCUT2D eigenvalue weighted by atomic mass is 79.9. The number of hydrogen-bond donors (Lipinski definition) is 0. The zero-order valence-electron chi connectivity index (χ0n) is 9.64. The zero-order chi connectivity index (χ0) is 13.0. The number of carbonyl (C=O) groups excluding carboxylic acids is 2. The summed E-state index contributed by atoms with van der Waals surface area (Å²) >= 11 is 4.73. The van der Waals surface area contributed by atoms with Crippen LogP contribution in [-0.4, -0.2) is 34.2 Å². The van der Waals surface area contributed by atoms with Crippen LogP contribution in [0, 0.1) is 0 Å². The molecule has 0 bridgehead atoms. The van der Waals surface area contributed by atoms with Gasteiger partial charge in [0.25, 0.3) is 0 Å². The van der Waals surface area contributed by atoms with E-state index in [-0.39, 0.29) is 11.7 Å². The lowest BCUT2D eigenvalue weighted by molar-refractivity contribution is -0.125. The van der Waals surface area contributed by atoms with Gasteiger partial charge in [-0.3, -0.25) is 9.59 Å². The average molecular weight is 326 g/mol. The fourth-order valence-electron chi connectivity index (χ4n) is 1.65. The number of allylic oxidation sites excluding steroid dienone is 1. The van der Waals surface area contributed by atoms with E-state index in [0.717, 1.165) is 5.03 Å². The smallest absolute Gasteiger partial charge is 0.237 e. The van der Waals surface area contributed by atoms with Crippen LogP contribution in [0.15, 0.2) is 41.4 Å². The van der Waals surface area contributed by atoms with Crippen molar-refractivity contribution < 1.29 is 9.59 Å². The van der Waals surface area contributed by atoms with E-state index in [9.17, 15) is 9.59 Å². The third kappa shape index (κ3) is 3.03. The van der Waals surface area contributed by atoms with Gasteiger partial charge in [0.2, 0.25) is 5.91 Å². The number of amides is 1. The van der Waals surface area contributed by atoms with E-state index >= 15 is 0 Å². The summed E-state index contributed by atoms with van der Waals surface area (Å²) in [5.41, 5.74) is 0.642. The Bertz CT molecular complexity index is 487. The van der Waals surface area contributed by atoms with Crippen molar-refractivity contribution in [2.45, 2.75) is 0 Å². The topological polar surface area (TPSA) is 37.4 Å². The Hall–Kier alpha value is -1.07. The van der Waals surface area contributed by atoms with Crippen LogP contribution in [0.2, 0.25) is 0 Å². The summed E-state index contributed by atoms with van der Waals surface area (Å²) in [6.07, 6.45) is 1.55. The van der Waals surface area contributed by atoms with Gasteiger partial charge in [-0.1, -0.05) is 58.0 Å². The molecule has 18 heavy (non-hydrogen) atoms. The van der Waals surface area contributed by atoms with E-state index in [0.29, 0.717) is 23.2 Å². The molecule has 1 heterocycles. The lowest BCUT2D eigenvalue weighted by Crippen LogP contribution is -2.26. The van der Waals surface area contributed by atoms with Crippen molar-refractivity contribution >= 4 is 39.4 Å². The Labute approximate surface area is 118 Å². The van der Waals surface area contributed by atoms with Gasteiger partial charge in [0.1, 0.15) is 0 Å². The summed E-state index contributed by atoms with van der Waals surface area (Å²) in [6, 6.07) is 9.07. The van der Waals surface area contributed by atoms with Gasteiger partial charge in [-0.2, -0.15) is 0 Å². The van der Waals surface area contributed by atoms with Crippen molar-refractivity contribution in [3.05, 3.63) is 47.0 Å². The van der Waals surface area contributed by atoms with Crippen LogP contribution in [0.5, 0.6) is 0 Å². The lowest BCUT2D eigenvalue weighted by Gasteiger charge is -2.14. The third-order valence-electron chi connectivity index (χ3n) is 2.53. The molecule has 0 atom stereocenters. The first kappa shape index (κ1) is 13.4. The molecule has 2 rings (SSSR count). The predicted octanol–water partition coefficient (Wildman–Crippen LogP) is 2.68. The van der Waals surface area contributed by atoms with Gasteiger partial charge in [-0.15, -0.1) is 0 Å². The van der Waals surface area contributed by atoms with E-state index in [2.05, 4.69) is 15.9 Å². The van der Waals surface area contributed by atoms with Crippen molar-refractivity contribution in [1.29, 1.82) is 0 Å². The summed E-state index contributed by atoms with van der Waals surface area (Å²) in [6.45, 7) is 0.597. The van der Waals surface area contributed by atoms with E-state index in [1.165, 1.54) is 11.8 Å². The Morgan fingerprint density at radius 3 is 2.78 bits per heavy atom. The largest absolute Gasteiger partial charge is 0.305 e. The Morgan fingerprint density at radius 2 is 2.11 bits per heavy atom. The van der Waals surface area contributed by atoms with Gasteiger partial charge < -0.3 is 4.90 Å². The van der Waals surface area contributed by atoms with Gasteiger partial charge >= 0.3 is 0 Å². The van der Waals surface area contributed by atoms with Crippen LogP contribution in [0.3, 0.4) is 0 Å². The number of halogens is 1. The molecule has 1 aliphatic heterocycles. The molecule has 5 heteroatoms. The van der Waals surface area contributed by atoms with E-state index in [4.69, 9.17) is 0 Å². The molecule has 0 unspecified atom stereocenters. The number of thioether (sulfide) groups is 1. The van der Waals surface area contributed by atoms with Crippen LogP contribution in [0.4, 0.5) is 0 Å².